The van der Waals surface area contributed by atoms with Crippen LogP contribution >= 0.6 is 0 Å². The Balaban J connectivity index is 1.42. The Kier molecular flexibility index (Phi) is 5.39. The van der Waals surface area contributed by atoms with Gasteiger partial charge in [0.15, 0.2) is 0 Å². The molecule has 1 aromatic heterocycles. The molecule has 0 unspecified atom stereocenters. The number of rotatable bonds is 3. The van der Waals surface area contributed by atoms with Crippen LogP contribution in [0.2, 0.25) is 0 Å². The number of fused-ring (bicyclic) bond motifs is 5. The lowest BCUT2D eigenvalue weighted by molar-refractivity contribution is -0.0177. The van der Waals surface area contributed by atoms with E-state index in [-0.39, 0.29) is 29.8 Å². The Morgan fingerprint density at radius 3 is 2.75 bits per heavy atom. The van der Waals surface area contributed by atoms with Gasteiger partial charge in [0.1, 0.15) is 5.82 Å². The van der Waals surface area contributed by atoms with Crippen LogP contribution in [-0.4, -0.2) is 58.2 Å². The van der Waals surface area contributed by atoms with Crippen molar-refractivity contribution in [2.45, 2.75) is 38.0 Å². The van der Waals surface area contributed by atoms with Crippen molar-refractivity contribution in [2.24, 2.45) is 5.92 Å². The van der Waals surface area contributed by atoms with Gasteiger partial charge in [-0.2, -0.15) is 0 Å². The molecule has 3 N–H and O–H groups in total. The number of hydrogen-bond donors (Lipinski definition) is 3. The normalized spacial score (nSPS) is 23.9. The van der Waals surface area contributed by atoms with Gasteiger partial charge < -0.3 is 20.3 Å². The summed E-state index contributed by atoms with van der Waals surface area (Å²) in [6.07, 6.45) is 1.18. The minimum absolute atomic E-state index is 0.0545. The van der Waals surface area contributed by atoms with E-state index in [1.54, 1.807) is 24.1 Å². The van der Waals surface area contributed by atoms with Gasteiger partial charge in [-0.3, -0.25) is 4.90 Å². The third kappa shape index (κ3) is 3.65. The summed E-state index contributed by atoms with van der Waals surface area (Å²) in [6.45, 7) is 3.49. The van der Waals surface area contributed by atoms with E-state index < -0.39 is 6.10 Å². The number of aromatic amines is 1. The van der Waals surface area contributed by atoms with Gasteiger partial charge in [0.05, 0.1) is 12.1 Å². The van der Waals surface area contributed by atoms with Crippen LogP contribution in [0.1, 0.15) is 30.6 Å². The zero-order chi connectivity index (χ0) is 22.4. The van der Waals surface area contributed by atoms with E-state index in [0.717, 1.165) is 31.4 Å². The van der Waals surface area contributed by atoms with Gasteiger partial charge in [0, 0.05) is 54.4 Å². The van der Waals surface area contributed by atoms with Gasteiger partial charge in [-0.15, -0.1) is 0 Å². The summed E-state index contributed by atoms with van der Waals surface area (Å²) in [6, 6.07) is 13.9. The Labute approximate surface area is 187 Å². The zero-order valence-corrected chi connectivity index (χ0v) is 18.4. The lowest BCUT2D eigenvalue weighted by Gasteiger charge is -2.49. The lowest BCUT2D eigenvalue weighted by atomic mass is 9.80. The first-order valence-electron chi connectivity index (χ1n) is 11.2. The number of urea groups is 1. The second-order valence-electron chi connectivity index (χ2n) is 9.08. The maximum atomic E-state index is 13.2. The first-order valence-corrected chi connectivity index (χ1v) is 11.2. The third-order valence-electron chi connectivity index (χ3n) is 7.21. The van der Waals surface area contributed by atoms with Crippen LogP contribution in [0.5, 0.6) is 0 Å². The number of hydrogen-bond acceptors (Lipinski definition) is 3. The molecular formula is C25H29FN4O2. The Hall–Kier alpha value is -2.90. The monoisotopic (exact) mass is 436 g/mol. The van der Waals surface area contributed by atoms with Crippen molar-refractivity contribution in [1.29, 1.82) is 0 Å². The molecule has 0 bridgehead atoms. The van der Waals surface area contributed by atoms with Crippen molar-refractivity contribution in [3.8, 4) is 0 Å². The fourth-order valence-electron chi connectivity index (χ4n) is 5.46. The third-order valence-corrected chi connectivity index (χ3v) is 7.21. The fraction of sp³-hybridized carbons (Fsp3) is 0.400. The number of para-hydroxylation sites is 1. The number of halogens is 1. The van der Waals surface area contributed by atoms with Crippen LogP contribution in [0, 0.1) is 11.7 Å². The number of H-pyrrole nitrogens is 1. The van der Waals surface area contributed by atoms with E-state index in [0.29, 0.717) is 5.69 Å². The molecule has 5 rings (SSSR count). The number of carbonyl (C=O) groups is 1. The minimum atomic E-state index is -0.536. The number of aromatic nitrogens is 1. The molecule has 6 nitrogen and oxygen atoms in total. The molecule has 4 atom stereocenters. The molecule has 7 heteroatoms. The molecule has 2 amide bonds. The molecule has 1 saturated heterocycles. The van der Waals surface area contributed by atoms with Gasteiger partial charge in [0.25, 0.3) is 0 Å². The predicted octanol–water partition coefficient (Wildman–Crippen LogP) is 4.14. The summed E-state index contributed by atoms with van der Waals surface area (Å²) >= 11 is 0. The summed E-state index contributed by atoms with van der Waals surface area (Å²) in [4.78, 5) is 20.8. The molecule has 0 radical (unpaired) electrons. The number of aliphatic hydroxyl groups is 1. The van der Waals surface area contributed by atoms with Crippen LogP contribution in [0.4, 0.5) is 14.9 Å². The molecule has 0 spiro atoms. The summed E-state index contributed by atoms with van der Waals surface area (Å²) in [5, 5.41) is 14.7. The number of anilines is 1. The summed E-state index contributed by atoms with van der Waals surface area (Å²) in [5.74, 6) is -0.398. The molecule has 3 aromatic rings. The zero-order valence-electron chi connectivity index (χ0n) is 18.4. The van der Waals surface area contributed by atoms with E-state index in [1.807, 2.05) is 13.0 Å². The molecular weight excluding hydrogens is 407 g/mol. The largest absolute Gasteiger partial charge is 0.393 e. The van der Waals surface area contributed by atoms with Gasteiger partial charge in [-0.05, 0) is 55.7 Å². The number of piperidine rings is 1. The number of benzene rings is 2. The standard InChI is InChI=1S/C25H29FN4O2/c1-15(31)20-14-30-12-11-19-18-5-3-4-6-21(18)28-24(19)23(30)13-22(20)29(2)25(32)27-17-9-7-16(26)8-10-17/h3-10,15,20,22-23,28,31H,11-14H2,1-2H3,(H,27,32)/t15-,20-,22-,23-/m0/s1. The SMILES string of the molecule is C[C@H](O)[C@@H]1CN2CCc3c([nH]c4ccccc34)[C@@H]2C[C@@H]1N(C)C(=O)Nc1ccc(F)cc1. The molecule has 168 valence electrons. The van der Waals surface area contributed by atoms with E-state index in [4.69, 9.17) is 0 Å². The number of carbonyl (C=O) groups excluding carboxylic acids is 1. The van der Waals surface area contributed by atoms with Crippen molar-refractivity contribution in [1.82, 2.24) is 14.8 Å². The van der Waals surface area contributed by atoms with E-state index in [1.165, 1.54) is 28.8 Å². The molecule has 32 heavy (non-hydrogen) atoms. The van der Waals surface area contributed by atoms with Gasteiger partial charge >= 0.3 is 6.03 Å². The Morgan fingerprint density at radius 2 is 2.00 bits per heavy atom. The molecule has 2 aliphatic heterocycles. The lowest BCUT2D eigenvalue weighted by Crippen LogP contribution is -2.57. The van der Waals surface area contributed by atoms with Crippen molar-refractivity contribution in [3.63, 3.8) is 0 Å². The summed E-state index contributed by atoms with van der Waals surface area (Å²) in [7, 11) is 1.78. The van der Waals surface area contributed by atoms with Gasteiger partial charge in [-0.25, -0.2) is 9.18 Å². The van der Waals surface area contributed by atoms with Crippen molar-refractivity contribution < 1.29 is 14.3 Å². The molecule has 1 fully saturated rings. The summed E-state index contributed by atoms with van der Waals surface area (Å²) < 4.78 is 13.2. The summed E-state index contributed by atoms with van der Waals surface area (Å²) in [5.41, 5.74) is 4.30. The molecule has 2 aromatic carbocycles. The average molecular weight is 437 g/mol. The smallest absolute Gasteiger partial charge is 0.321 e. The van der Waals surface area contributed by atoms with Gasteiger partial charge in [0.2, 0.25) is 0 Å². The van der Waals surface area contributed by atoms with E-state index in [9.17, 15) is 14.3 Å². The van der Waals surface area contributed by atoms with Crippen molar-refractivity contribution in [2.75, 3.05) is 25.5 Å². The maximum Gasteiger partial charge on any atom is 0.321 e. The molecule has 0 saturated carbocycles. The second-order valence-corrected chi connectivity index (χ2v) is 9.08. The fourth-order valence-corrected chi connectivity index (χ4v) is 5.46. The second kappa shape index (κ2) is 8.22. The van der Waals surface area contributed by atoms with Crippen LogP contribution < -0.4 is 5.32 Å². The van der Waals surface area contributed by atoms with Crippen molar-refractivity contribution in [3.05, 3.63) is 65.6 Å². The quantitative estimate of drug-likeness (QED) is 0.578. The topological polar surface area (TPSA) is 71.6 Å². The molecule has 0 aliphatic carbocycles. The van der Waals surface area contributed by atoms with E-state index in [2.05, 4.69) is 33.4 Å². The number of nitrogens with one attached hydrogen (secondary N) is 2. The van der Waals surface area contributed by atoms with Gasteiger partial charge in [-0.1, -0.05) is 18.2 Å². The van der Waals surface area contributed by atoms with Crippen LogP contribution in [0.25, 0.3) is 10.9 Å². The highest BCUT2D eigenvalue weighted by molar-refractivity contribution is 5.89. The number of aliphatic hydroxyl groups excluding tert-OH is 1. The molecule has 2 aliphatic rings. The first-order chi connectivity index (χ1) is 15.4. The average Bonchev–Trinajstić information content (AvgIpc) is 3.18. The van der Waals surface area contributed by atoms with Crippen LogP contribution in [0.3, 0.4) is 0 Å². The maximum absolute atomic E-state index is 13.2. The first kappa shape index (κ1) is 21.0. The predicted molar refractivity (Wildman–Crippen MR) is 123 cm³/mol. The van der Waals surface area contributed by atoms with E-state index >= 15 is 0 Å². The highest BCUT2D eigenvalue weighted by Gasteiger charge is 2.44. The van der Waals surface area contributed by atoms with Crippen LogP contribution in [-0.2, 0) is 6.42 Å². The number of amides is 2. The highest BCUT2D eigenvalue weighted by atomic mass is 19.1. The number of nitrogens with zero attached hydrogens (tertiary/aromatic N) is 2. The van der Waals surface area contributed by atoms with Crippen molar-refractivity contribution >= 4 is 22.6 Å². The minimum Gasteiger partial charge on any atom is -0.393 e. The Morgan fingerprint density at radius 1 is 1.25 bits per heavy atom. The Bertz CT molecular complexity index is 1130. The van der Waals surface area contributed by atoms with Crippen LogP contribution in [0.15, 0.2) is 48.5 Å². The highest BCUT2D eigenvalue weighted by Crippen LogP contribution is 2.42. The molecule has 3 heterocycles.